The fraction of sp³-hybridized carbons (Fsp3) is 0.227. The van der Waals surface area contributed by atoms with Crippen molar-refractivity contribution in [2.24, 2.45) is 0 Å². The molecule has 10 heteroatoms. The number of rotatable bonds is 5. The number of carbonyl (C=O) groups excluding carboxylic acids is 2. The molecule has 2 amide bonds. The molecule has 0 saturated carbocycles. The molecule has 0 aliphatic carbocycles. The Bertz CT molecular complexity index is 1190. The summed E-state index contributed by atoms with van der Waals surface area (Å²) in [5.41, 5.74) is 2.88. The summed E-state index contributed by atoms with van der Waals surface area (Å²) in [7, 11) is 0. The van der Waals surface area contributed by atoms with Gasteiger partial charge in [0.1, 0.15) is 5.15 Å². The summed E-state index contributed by atoms with van der Waals surface area (Å²) >= 11 is 19.2. The highest BCUT2D eigenvalue weighted by Crippen LogP contribution is 2.30. The molecule has 32 heavy (non-hydrogen) atoms. The maximum Gasteiger partial charge on any atom is 0.260 e. The zero-order valence-corrected chi connectivity index (χ0v) is 19.4. The van der Waals surface area contributed by atoms with Crippen LogP contribution in [0.5, 0.6) is 0 Å². The number of halogens is 3. The molecule has 0 unspecified atom stereocenters. The Labute approximate surface area is 200 Å². The molecule has 0 bridgehead atoms. The second kappa shape index (κ2) is 9.40. The largest absolute Gasteiger partial charge is 0.359 e. The standard InChI is InChI=1S/C22H20Cl3N5O2/c1-13-20(21(25)30(28-13)11-14-4-2-3-5-16(14)23)22(32)27-15-6-7-18(17(24)10-15)29-9-8-26-19(31)12-29/h2-7,10H,8-9,11-12H2,1H3,(H,26,31)(H,27,32). The van der Waals surface area contributed by atoms with Crippen molar-refractivity contribution in [3.63, 3.8) is 0 Å². The van der Waals surface area contributed by atoms with E-state index in [0.717, 1.165) is 11.3 Å². The van der Waals surface area contributed by atoms with Crippen molar-refractivity contribution >= 4 is 58.0 Å². The Hall–Kier alpha value is -2.74. The number of anilines is 2. The van der Waals surface area contributed by atoms with Crippen molar-refractivity contribution in [3.8, 4) is 0 Å². The third-order valence-corrected chi connectivity index (χ3v) is 6.21. The summed E-state index contributed by atoms with van der Waals surface area (Å²) in [4.78, 5) is 26.5. The van der Waals surface area contributed by atoms with Crippen LogP contribution in [-0.4, -0.2) is 41.2 Å². The van der Waals surface area contributed by atoms with Gasteiger partial charge in [0.05, 0.1) is 35.1 Å². The van der Waals surface area contributed by atoms with E-state index < -0.39 is 0 Å². The van der Waals surface area contributed by atoms with Gasteiger partial charge in [0, 0.05) is 23.8 Å². The van der Waals surface area contributed by atoms with Gasteiger partial charge in [0.15, 0.2) is 0 Å². The lowest BCUT2D eigenvalue weighted by Gasteiger charge is -2.29. The number of aromatic nitrogens is 2. The monoisotopic (exact) mass is 491 g/mol. The van der Waals surface area contributed by atoms with E-state index in [1.807, 2.05) is 23.1 Å². The van der Waals surface area contributed by atoms with Crippen LogP contribution in [0.15, 0.2) is 42.5 Å². The Morgan fingerprint density at radius 3 is 2.66 bits per heavy atom. The summed E-state index contributed by atoms with van der Waals surface area (Å²) in [6, 6.07) is 12.6. The molecule has 2 heterocycles. The molecular formula is C22H20Cl3N5O2. The minimum Gasteiger partial charge on any atom is -0.359 e. The van der Waals surface area contributed by atoms with Crippen LogP contribution >= 0.6 is 34.8 Å². The summed E-state index contributed by atoms with van der Waals surface area (Å²) in [5, 5.41) is 11.3. The van der Waals surface area contributed by atoms with Crippen molar-refractivity contribution in [1.82, 2.24) is 15.1 Å². The Balaban J connectivity index is 1.52. The minimum absolute atomic E-state index is 0.0522. The van der Waals surface area contributed by atoms with E-state index in [0.29, 0.717) is 41.1 Å². The van der Waals surface area contributed by atoms with Gasteiger partial charge >= 0.3 is 0 Å². The molecule has 1 saturated heterocycles. The molecule has 1 aliphatic heterocycles. The molecule has 7 nitrogen and oxygen atoms in total. The highest BCUT2D eigenvalue weighted by atomic mass is 35.5. The first-order valence-electron chi connectivity index (χ1n) is 9.92. The lowest BCUT2D eigenvalue weighted by molar-refractivity contribution is -0.120. The van der Waals surface area contributed by atoms with Crippen LogP contribution in [0, 0.1) is 6.92 Å². The molecule has 2 aromatic carbocycles. The van der Waals surface area contributed by atoms with Gasteiger partial charge < -0.3 is 15.5 Å². The molecule has 0 spiro atoms. The van der Waals surface area contributed by atoms with Crippen LogP contribution in [0.25, 0.3) is 0 Å². The molecule has 2 N–H and O–H groups in total. The van der Waals surface area contributed by atoms with Gasteiger partial charge in [-0.25, -0.2) is 4.68 Å². The Morgan fingerprint density at radius 1 is 1.16 bits per heavy atom. The van der Waals surface area contributed by atoms with E-state index in [9.17, 15) is 9.59 Å². The first kappa shape index (κ1) is 22.5. The highest BCUT2D eigenvalue weighted by Gasteiger charge is 2.22. The average molecular weight is 493 g/mol. The van der Waals surface area contributed by atoms with Crippen molar-refractivity contribution < 1.29 is 9.59 Å². The van der Waals surface area contributed by atoms with Crippen LogP contribution < -0.4 is 15.5 Å². The van der Waals surface area contributed by atoms with Crippen LogP contribution in [0.3, 0.4) is 0 Å². The van der Waals surface area contributed by atoms with Gasteiger partial charge in [-0.05, 0) is 36.8 Å². The van der Waals surface area contributed by atoms with E-state index in [-0.39, 0.29) is 29.1 Å². The molecule has 3 aromatic rings. The summed E-state index contributed by atoms with van der Waals surface area (Å²) in [6.07, 6.45) is 0. The van der Waals surface area contributed by atoms with Crippen LogP contribution in [0.4, 0.5) is 11.4 Å². The number of nitrogens with zero attached hydrogens (tertiary/aromatic N) is 3. The van der Waals surface area contributed by atoms with E-state index in [2.05, 4.69) is 15.7 Å². The number of hydrogen-bond donors (Lipinski definition) is 2. The van der Waals surface area contributed by atoms with Gasteiger partial charge in [-0.2, -0.15) is 5.10 Å². The fourth-order valence-corrected chi connectivity index (χ4v) is 4.40. The predicted molar refractivity (Wildman–Crippen MR) is 127 cm³/mol. The Kier molecular flexibility index (Phi) is 6.60. The number of piperazine rings is 1. The maximum atomic E-state index is 12.9. The van der Waals surface area contributed by atoms with Gasteiger partial charge in [-0.1, -0.05) is 53.0 Å². The highest BCUT2D eigenvalue weighted by molar-refractivity contribution is 6.34. The lowest BCUT2D eigenvalue weighted by Crippen LogP contribution is -2.47. The van der Waals surface area contributed by atoms with E-state index in [1.165, 1.54) is 0 Å². The van der Waals surface area contributed by atoms with Crippen LogP contribution in [-0.2, 0) is 11.3 Å². The van der Waals surface area contributed by atoms with Gasteiger partial charge in [-0.15, -0.1) is 0 Å². The quantitative estimate of drug-likeness (QED) is 0.554. The first-order valence-corrected chi connectivity index (χ1v) is 11.1. The summed E-state index contributed by atoms with van der Waals surface area (Å²) in [5.74, 6) is -0.442. The van der Waals surface area contributed by atoms with Crippen molar-refractivity contribution in [1.29, 1.82) is 0 Å². The smallest absolute Gasteiger partial charge is 0.260 e. The van der Waals surface area contributed by atoms with Crippen molar-refractivity contribution in [2.45, 2.75) is 13.5 Å². The predicted octanol–water partition coefficient (Wildman–Crippen LogP) is 4.39. The number of hydrogen-bond acceptors (Lipinski definition) is 4. The average Bonchev–Trinajstić information content (AvgIpc) is 3.02. The summed E-state index contributed by atoms with van der Waals surface area (Å²) < 4.78 is 1.55. The minimum atomic E-state index is -0.390. The zero-order valence-electron chi connectivity index (χ0n) is 17.2. The number of aryl methyl sites for hydroxylation is 1. The zero-order chi connectivity index (χ0) is 22.8. The molecule has 1 aliphatic rings. The second-order valence-corrected chi connectivity index (χ2v) is 8.56. The van der Waals surface area contributed by atoms with Crippen molar-refractivity contribution in [2.75, 3.05) is 29.9 Å². The molecule has 166 valence electrons. The maximum absolute atomic E-state index is 12.9. The van der Waals surface area contributed by atoms with E-state index >= 15 is 0 Å². The molecule has 4 rings (SSSR count). The van der Waals surface area contributed by atoms with Gasteiger partial charge in [-0.3, -0.25) is 9.59 Å². The van der Waals surface area contributed by atoms with Gasteiger partial charge in [0.25, 0.3) is 5.91 Å². The van der Waals surface area contributed by atoms with Gasteiger partial charge in [0.2, 0.25) is 5.91 Å². The molecule has 1 fully saturated rings. The van der Waals surface area contributed by atoms with E-state index in [1.54, 1.807) is 35.9 Å². The second-order valence-electron chi connectivity index (χ2n) is 7.39. The topological polar surface area (TPSA) is 79.3 Å². The van der Waals surface area contributed by atoms with Crippen LogP contribution in [0.1, 0.15) is 21.6 Å². The normalized spacial score (nSPS) is 13.8. The number of carbonyl (C=O) groups is 2. The lowest BCUT2D eigenvalue weighted by atomic mass is 10.2. The number of benzene rings is 2. The molecular weight excluding hydrogens is 473 g/mol. The SMILES string of the molecule is Cc1nn(Cc2ccccc2Cl)c(Cl)c1C(=O)Nc1ccc(N2CCNC(=O)C2)c(Cl)c1. The van der Waals surface area contributed by atoms with Crippen LogP contribution in [0.2, 0.25) is 15.2 Å². The first-order chi connectivity index (χ1) is 15.3. The third-order valence-electron chi connectivity index (χ3n) is 5.16. The molecule has 1 aromatic heterocycles. The van der Waals surface area contributed by atoms with Crippen molar-refractivity contribution in [3.05, 3.63) is 74.5 Å². The molecule has 0 atom stereocenters. The summed E-state index contributed by atoms with van der Waals surface area (Å²) in [6.45, 7) is 3.53. The fourth-order valence-electron chi connectivity index (χ4n) is 3.58. The Morgan fingerprint density at radius 2 is 1.94 bits per heavy atom. The number of nitrogens with one attached hydrogen (secondary N) is 2. The third kappa shape index (κ3) is 4.70. The molecule has 0 radical (unpaired) electrons. The van der Waals surface area contributed by atoms with E-state index in [4.69, 9.17) is 34.8 Å². The number of amides is 2.